The Hall–Kier alpha value is -1.53. The molecule has 1 heterocycles. The molecule has 0 saturated heterocycles. The molecular formula is C8H6FN3OS. The molecular weight excluding hydrogens is 205 g/mol. The average Bonchev–Trinajstić information content (AvgIpc) is 2.62. The van der Waals surface area contributed by atoms with Gasteiger partial charge in [-0.05, 0) is 12.1 Å². The molecule has 3 N–H and O–H groups in total. The van der Waals surface area contributed by atoms with E-state index in [9.17, 15) is 9.18 Å². The van der Waals surface area contributed by atoms with E-state index >= 15 is 0 Å². The summed E-state index contributed by atoms with van der Waals surface area (Å²) in [5.74, 6) is 4.05. The highest BCUT2D eigenvalue weighted by atomic mass is 32.1. The van der Waals surface area contributed by atoms with E-state index in [-0.39, 0.29) is 10.8 Å². The number of nitrogens with one attached hydrogen (secondary N) is 1. The number of hydrogen-bond acceptors (Lipinski definition) is 4. The van der Waals surface area contributed by atoms with E-state index in [1.165, 1.54) is 6.07 Å². The molecule has 0 fully saturated rings. The van der Waals surface area contributed by atoms with Crippen LogP contribution < -0.4 is 11.3 Å². The van der Waals surface area contributed by atoms with Crippen molar-refractivity contribution in [2.24, 2.45) is 5.84 Å². The Morgan fingerprint density at radius 1 is 1.57 bits per heavy atom. The molecule has 2 rings (SSSR count). The number of hydrogen-bond donors (Lipinski definition) is 2. The number of hydrazine groups is 1. The van der Waals surface area contributed by atoms with Crippen LogP contribution in [0, 0.1) is 5.82 Å². The summed E-state index contributed by atoms with van der Waals surface area (Å²) in [6, 6.07) is 4.51. The van der Waals surface area contributed by atoms with Gasteiger partial charge in [0.1, 0.15) is 5.82 Å². The van der Waals surface area contributed by atoms with E-state index < -0.39 is 5.91 Å². The lowest BCUT2D eigenvalue weighted by Gasteiger charge is -1.89. The third-order valence-corrected chi connectivity index (χ3v) is 2.77. The zero-order chi connectivity index (χ0) is 10.1. The molecule has 0 aliphatic rings. The quantitative estimate of drug-likeness (QED) is 0.420. The molecule has 0 aliphatic heterocycles. The maximum Gasteiger partial charge on any atom is 0.294 e. The molecule has 1 aromatic carbocycles. The minimum atomic E-state index is -0.509. The first kappa shape index (κ1) is 9.04. The maximum atomic E-state index is 13.2. The van der Waals surface area contributed by atoms with Crippen molar-refractivity contribution in [3.63, 3.8) is 0 Å². The lowest BCUT2D eigenvalue weighted by atomic mass is 10.3. The Kier molecular flexibility index (Phi) is 2.14. The number of rotatable bonds is 1. The predicted molar refractivity (Wildman–Crippen MR) is 51.2 cm³/mol. The van der Waals surface area contributed by atoms with Crippen LogP contribution >= 0.6 is 11.3 Å². The van der Waals surface area contributed by atoms with Crippen molar-refractivity contribution >= 4 is 27.5 Å². The number of amides is 1. The number of nitrogen functional groups attached to an aromatic ring is 1. The molecule has 6 heteroatoms. The van der Waals surface area contributed by atoms with Crippen LogP contribution in [0.1, 0.15) is 9.80 Å². The Morgan fingerprint density at radius 3 is 3.00 bits per heavy atom. The smallest absolute Gasteiger partial charge is 0.288 e. The van der Waals surface area contributed by atoms with Gasteiger partial charge in [0.05, 0.1) is 10.2 Å². The largest absolute Gasteiger partial charge is 0.294 e. The van der Waals surface area contributed by atoms with E-state index in [0.29, 0.717) is 10.2 Å². The highest BCUT2D eigenvalue weighted by molar-refractivity contribution is 7.20. The van der Waals surface area contributed by atoms with Gasteiger partial charge in [0.2, 0.25) is 0 Å². The zero-order valence-corrected chi connectivity index (χ0v) is 7.77. The first-order chi connectivity index (χ1) is 6.72. The lowest BCUT2D eigenvalue weighted by molar-refractivity contribution is 0.0953. The van der Waals surface area contributed by atoms with Crippen molar-refractivity contribution in [3.8, 4) is 0 Å². The molecule has 0 atom stereocenters. The third-order valence-electron chi connectivity index (χ3n) is 1.69. The summed E-state index contributed by atoms with van der Waals surface area (Å²) >= 11 is 0.978. The summed E-state index contributed by atoms with van der Waals surface area (Å²) in [4.78, 5) is 15.0. The third kappa shape index (κ3) is 1.34. The average molecular weight is 211 g/mol. The summed E-state index contributed by atoms with van der Waals surface area (Å²) < 4.78 is 13.5. The second-order valence-electron chi connectivity index (χ2n) is 2.58. The first-order valence-electron chi connectivity index (χ1n) is 3.78. The van der Waals surface area contributed by atoms with E-state index in [2.05, 4.69) is 4.98 Å². The number of carbonyl (C=O) groups excluding carboxylic acids is 1. The van der Waals surface area contributed by atoms with Crippen molar-refractivity contribution in [2.45, 2.75) is 0 Å². The van der Waals surface area contributed by atoms with Gasteiger partial charge in [0.25, 0.3) is 5.91 Å². The number of halogens is 1. The highest BCUT2D eigenvalue weighted by Gasteiger charge is 2.12. The molecule has 1 amide bonds. The van der Waals surface area contributed by atoms with Crippen molar-refractivity contribution in [1.29, 1.82) is 0 Å². The van der Waals surface area contributed by atoms with Crippen LogP contribution in [0.4, 0.5) is 4.39 Å². The zero-order valence-electron chi connectivity index (χ0n) is 6.95. The van der Waals surface area contributed by atoms with Crippen molar-refractivity contribution in [2.75, 3.05) is 0 Å². The molecule has 72 valence electrons. The SMILES string of the molecule is NNC(=O)c1nc2cccc(F)c2s1. The van der Waals surface area contributed by atoms with Gasteiger partial charge in [-0.1, -0.05) is 6.07 Å². The summed E-state index contributed by atoms with van der Waals surface area (Å²) in [5.41, 5.74) is 2.41. The van der Waals surface area contributed by atoms with Gasteiger partial charge >= 0.3 is 0 Å². The molecule has 0 bridgehead atoms. The molecule has 0 radical (unpaired) electrons. The minimum absolute atomic E-state index is 0.160. The number of benzene rings is 1. The van der Waals surface area contributed by atoms with E-state index in [1.807, 2.05) is 5.43 Å². The number of thiazole rings is 1. The fourth-order valence-corrected chi connectivity index (χ4v) is 1.95. The molecule has 0 spiro atoms. The summed E-state index contributed by atoms with van der Waals surface area (Å²) in [6.45, 7) is 0. The van der Waals surface area contributed by atoms with Crippen LogP contribution in [0.2, 0.25) is 0 Å². The van der Waals surface area contributed by atoms with Gasteiger partial charge in [0, 0.05) is 0 Å². The first-order valence-corrected chi connectivity index (χ1v) is 4.60. The molecule has 0 saturated carbocycles. The lowest BCUT2D eigenvalue weighted by Crippen LogP contribution is -2.29. The molecule has 0 unspecified atom stereocenters. The standard InChI is InChI=1S/C8H6FN3OS/c9-4-2-1-3-5-6(4)14-8(11-5)7(13)12-10/h1-3H,10H2,(H,12,13). The van der Waals surface area contributed by atoms with Crippen LogP contribution in [0.5, 0.6) is 0 Å². The second-order valence-corrected chi connectivity index (χ2v) is 3.58. The number of fused-ring (bicyclic) bond motifs is 1. The Balaban J connectivity index is 2.62. The fraction of sp³-hybridized carbons (Fsp3) is 0. The second kappa shape index (κ2) is 3.32. The molecule has 2 aromatic rings. The minimum Gasteiger partial charge on any atom is -0.288 e. The van der Waals surface area contributed by atoms with E-state index in [0.717, 1.165) is 11.3 Å². The number of carbonyl (C=O) groups is 1. The van der Waals surface area contributed by atoms with E-state index in [1.54, 1.807) is 12.1 Å². The summed E-state index contributed by atoms with van der Waals surface area (Å²) in [7, 11) is 0. The Labute approximate surface area is 82.5 Å². The molecule has 4 nitrogen and oxygen atoms in total. The van der Waals surface area contributed by atoms with Crippen LogP contribution in [0.15, 0.2) is 18.2 Å². The summed E-state index contributed by atoms with van der Waals surface area (Å²) in [6.07, 6.45) is 0. The number of aromatic nitrogens is 1. The van der Waals surface area contributed by atoms with Gasteiger partial charge < -0.3 is 0 Å². The molecule has 0 aliphatic carbocycles. The van der Waals surface area contributed by atoms with Crippen molar-refractivity contribution in [3.05, 3.63) is 29.0 Å². The normalized spacial score (nSPS) is 10.4. The number of nitrogens with two attached hydrogens (primary N) is 1. The van der Waals surface area contributed by atoms with Crippen LogP contribution in [-0.4, -0.2) is 10.9 Å². The van der Waals surface area contributed by atoms with Crippen LogP contribution in [0.3, 0.4) is 0 Å². The van der Waals surface area contributed by atoms with Gasteiger partial charge in [-0.3, -0.25) is 10.2 Å². The Bertz CT molecular complexity index is 496. The van der Waals surface area contributed by atoms with E-state index in [4.69, 9.17) is 5.84 Å². The fourth-order valence-electron chi connectivity index (χ4n) is 1.07. The molecule has 1 aromatic heterocycles. The molecule has 14 heavy (non-hydrogen) atoms. The maximum absolute atomic E-state index is 13.2. The van der Waals surface area contributed by atoms with Crippen molar-refractivity contribution in [1.82, 2.24) is 10.4 Å². The van der Waals surface area contributed by atoms with Crippen LogP contribution in [0.25, 0.3) is 10.2 Å². The highest BCUT2D eigenvalue weighted by Crippen LogP contribution is 2.24. The Morgan fingerprint density at radius 2 is 2.36 bits per heavy atom. The van der Waals surface area contributed by atoms with Crippen molar-refractivity contribution < 1.29 is 9.18 Å². The van der Waals surface area contributed by atoms with Gasteiger partial charge in [-0.25, -0.2) is 15.2 Å². The van der Waals surface area contributed by atoms with Gasteiger partial charge in [-0.2, -0.15) is 0 Å². The topological polar surface area (TPSA) is 68.0 Å². The summed E-state index contributed by atoms with van der Waals surface area (Å²) in [5, 5.41) is 0.160. The van der Waals surface area contributed by atoms with Gasteiger partial charge in [-0.15, -0.1) is 11.3 Å². The number of nitrogens with zero attached hydrogens (tertiary/aromatic N) is 1. The van der Waals surface area contributed by atoms with Crippen LogP contribution in [-0.2, 0) is 0 Å². The predicted octanol–water partition coefficient (Wildman–Crippen LogP) is 1.04. The van der Waals surface area contributed by atoms with Gasteiger partial charge in [0.15, 0.2) is 5.01 Å². The monoisotopic (exact) mass is 211 g/mol.